The van der Waals surface area contributed by atoms with E-state index in [1.165, 1.54) is 13.1 Å². The Hall–Kier alpha value is -2.73. The van der Waals surface area contributed by atoms with Gasteiger partial charge >= 0.3 is 19.2 Å². The van der Waals surface area contributed by atoms with Gasteiger partial charge in [-0.3, -0.25) is 42.3 Å². The van der Waals surface area contributed by atoms with Crippen molar-refractivity contribution in [1.82, 2.24) is 19.1 Å². The van der Waals surface area contributed by atoms with Crippen LogP contribution in [0.1, 0.15) is 30.9 Å². The molecule has 0 bridgehead atoms. The van der Waals surface area contributed by atoms with E-state index in [2.05, 4.69) is 4.98 Å². The number of ether oxygens (including phenoxy) is 2. The molecule has 39 heavy (non-hydrogen) atoms. The Kier molecular flexibility index (Phi) is 7.62. The SMILES string of the molecule is Cc1cn([C@H]2C[C@H](OP3(=O)OCC[C@@H]([C@H]4O[C@@H](n5ccc(=O)[nH]c5=O)[C@H](O)[C@@H]4O)O3)[C@@H](CO)O2)c(=O)[nH]c1=O. The van der Waals surface area contributed by atoms with Gasteiger partial charge in [-0.2, -0.15) is 0 Å². The van der Waals surface area contributed by atoms with Crippen molar-refractivity contribution < 1.29 is 42.9 Å². The zero-order valence-electron chi connectivity index (χ0n) is 20.4. The third kappa shape index (κ3) is 5.37. The number of nitrogens with one attached hydrogen (secondary N) is 2. The molecule has 2 aromatic heterocycles. The van der Waals surface area contributed by atoms with Crippen molar-refractivity contribution in [1.29, 1.82) is 0 Å². The van der Waals surface area contributed by atoms with Crippen LogP contribution in [0.5, 0.6) is 0 Å². The molecule has 0 saturated carbocycles. The number of nitrogens with zero attached hydrogens (tertiary/aromatic N) is 2. The van der Waals surface area contributed by atoms with Crippen LogP contribution in [0.25, 0.3) is 0 Å². The van der Waals surface area contributed by atoms with Crippen LogP contribution in [0.4, 0.5) is 0 Å². The number of hydrogen-bond donors (Lipinski definition) is 5. The first-order valence-electron chi connectivity index (χ1n) is 12.0. The smallest absolute Gasteiger partial charge is 0.394 e. The summed E-state index contributed by atoms with van der Waals surface area (Å²) < 4.78 is 43.3. The molecule has 2 aromatic rings. The molecular formula is C21H27N4O13P. The van der Waals surface area contributed by atoms with E-state index in [0.29, 0.717) is 0 Å². The molecule has 3 aliphatic heterocycles. The van der Waals surface area contributed by atoms with Gasteiger partial charge in [0.05, 0.1) is 13.2 Å². The molecule has 0 aromatic carbocycles. The summed E-state index contributed by atoms with van der Waals surface area (Å²) in [4.78, 5) is 51.7. The summed E-state index contributed by atoms with van der Waals surface area (Å²) in [6.45, 7) is 0.791. The number of phosphoric ester groups is 1. The molecule has 5 rings (SSSR count). The fourth-order valence-corrected chi connectivity index (χ4v) is 6.38. The van der Waals surface area contributed by atoms with Gasteiger partial charge in [-0.05, 0) is 6.92 Å². The van der Waals surface area contributed by atoms with Crippen LogP contribution in [0.3, 0.4) is 0 Å². The van der Waals surface area contributed by atoms with Crippen molar-refractivity contribution in [3.8, 4) is 0 Å². The summed E-state index contributed by atoms with van der Waals surface area (Å²) in [5.74, 6) is 0. The summed E-state index contributed by atoms with van der Waals surface area (Å²) in [6, 6.07) is 1.04. The van der Waals surface area contributed by atoms with E-state index in [0.717, 1.165) is 21.4 Å². The first kappa shape index (κ1) is 27.8. The van der Waals surface area contributed by atoms with Crippen molar-refractivity contribution in [2.75, 3.05) is 13.2 Å². The van der Waals surface area contributed by atoms with Crippen LogP contribution < -0.4 is 22.5 Å². The monoisotopic (exact) mass is 574 g/mol. The van der Waals surface area contributed by atoms with Crippen LogP contribution in [-0.2, 0) is 27.6 Å². The zero-order chi connectivity index (χ0) is 28.1. The van der Waals surface area contributed by atoms with Crippen molar-refractivity contribution in [2.24, 2.45) is 0 Å². The van der Waals surface area contributed by atoms with E-state index in [1.807, 2.05) is 4.98 Å². The Morgan fingerprint density at radius 1 is 1.10 bits per heavy atom. The molecule has 0 radical (unpaired) electrons. The van der Waals surface area contributed by atoms with E-state index >= 15 is 0 Å². The highest BCUT2D eigenvalue weighted by Crippen LogP contribution is 2.57. The van der Waals surface area contributed by atoms with Gasteiger partial charge in [0.2, 0.25) is 0 Å². The topological polar surface area (TPSA) is 234 Å². The fourth-order valence-electron chi connectivity index (χ4n) is 4.77. The molecular weight excluding hydrogens is 547 g/mol. The van der Waals surface area contributed by atoms with Crippen molar-refractivity contribution >= 4 is 7.82 Å². The predicted octanol–water partition coefficient (Wildman–Crippen LogP) is -2.41. The minimum atomic E-state index is -4.35. The lowest BCUT2D eigenvalue weighted by molar-refractivity contribution is -0.107. The van der Waals surface area contributed by atoms with Gasteiger partial charge < -0.3 is 24.8 Å². The second-order valence-corrected chi connectivity index (χ2v) is 10.9. The van der Waals surface area contributed by atoms with Gasteiger partial charge in [0.25, 0.3) is 11.1 Å². The molecule has 5 heterocycles. The molecule has 0 aliphatic carbocycles. The molecule has 3 aliphatic rings. The van der Waals surface area contributed by atoms with Crippen LogP contribution in [0, 0.1) is 6.92 Å². The van der Waals surface area contributed by atoms with E-state index in [4.69, 9.17) is 23.0 Å². The first-order chi connectivity index (χ1) is 18.5. The second kappa shape index (κ2) is 10.7. The minimum Gasteiger partial charge on any atom is -0.394 e. The number of H-pyrrole nitrogens is 2. The predicted molar refractivity (Wildman–Crippen MR) is 127 cm³/mol. The molecule has 1 unspecified atom stereocenters. The minimum absolute atomic E-state index is 0.0591. The molecule has 9 atom stereocenters. The number of phosphoric acid groups is 1. The van der Waals surface area contributed by atoms with Gasteiger partial charge in [-0.25, -0.2) is 14.2 Å². The number of aliphatic hydroxyl groups excluding tert-OH is 3. The van der Waals surface area contributed by atoms with Crippen LogP contribution in [0.15, 0.2) is 37.6 Å². The molecule has 3 fully saturated rings. The maximum Gasteiger partial charge on any atom is 0.475 e. The highest BCUT2D eigenvalue weighted by Gasteiger charge is 2.52. The molecule has 0 amide bonds. The van der Waals surface area contributed by atoms with Crippen molar-refractivity contribution in [2.45, 2.75) is 68.8 Å². The Morgan fingerprint density at radius 2 is 1.85 bits per heavy atom. The van der Waals surface area contributed by atoms with E-state index < -0.39 is 86.0 Å². The van der Waals surface area contributed by atoms with Crippen molar-refractivity contribution in [3.05, 3.63) is 65.7 Å². The Bertz CT molecular complexity index is 1500. The Labute approximate surface area is 218 Å². The second-order valence-electron chi connectivity index (χ2n) is 9.37. The number of rotatable bonds is 6. The average molecular weight is 574 g/mol. The molecule has 18 heteroatoms. The third-order valence-corrected chi connectivity index (χ3v) is 8.32. The van der Waals surface area contributed by atoms with Gasteiger partial charge in [0, 0.05) is 36.9 Å². The van der Waals surface area contributed by atoms with E-state index in [-0.39, 0.29) is 25.0 Å². The number of aryl methyl sites for hydroxylation is 1. The van der Waals surface area contributed by atoms with E-state index in [1.54, 1.807) is 0 Å². The van der Waals surface area contributed by atoms with Gasteiger partial charge in [-0.15, -0.1) is 0 Å². The van der Waals surface area contributed by atoms with Crippen molar-refractivity contribution in [3.63, 3.8) is 0 Å². The Morgan fingerprint density at radius 3 is 2.56 bits per heavy atom. The summed E-state index contributed by atoms with van der Waals surface area (Å²) in [5, 5.41) is 30.9. The molecule has 3 saturated heterocycles. The van der Waals surface area contributed by atoms with Gasteiger partial charge in [0.1, 0.15) is 42.9 Å². The highest BCUT2D eigenvalue weighted by atomic mass is 31.2. The first-order valence-corrected chi connectivity index (χ1v) is 13.5. The maximum absolute atomic E-state index is 13.4. The summed E-state index contributed by atoms with van der Waals surface area (Å²) in [6.07, 6.45) is -7.53. The van der Waals surface area contributed by atoms with Crippen LogP contribution >= 0.6 is 7.82 Å². The lowest BCUT2D eigenvalue weighted by Gasteiger charge is -2.34. The summed E-state index contributed by atoms with van der Waals surface area (Å²) in [5.41, 5.74) is -2.59. The Balaban J connectivity index is 1.30. The number of aliphatic hydroxyl groups is 3. The zero-order valence-corrected chi connectivity index (χ0v) is 21.3. The fraction of sp³-hybridized carbons (Fsp3) is 0.619. The largest absolute Gasteiger partial charge is 0.475 e. The molecule has 17 nitrogen and oxygen atoms in total. The lowest BCUT2D eigenvalue weighted by atomic mass is 10.0. The average Bonchev–Trinajstić information content (AvgIpc) is 3.41. The standard InChI is InChI=1S/C21H27N4O13P/c1-9-7-25(21(32)23-18(9)30)14-6-11(12(8-26)35-14)38-39(33)34-5-3-10(37-39)17-15(28)16(29)19(36-17)24-4-2-13(27)22-20(24)31/h2,4,7,10-12,14-17,19,26,28-29H,3,5-6,8H2,1H3,(H,22,27,31)(H,23,30,32)/t10-,11-,12+,14+,15-,16+,17+,19+,39?/m0/s1. The van der Waals surface area contributed by atoms with Crippen LogP contribution in [0.2, 0.25) is 0 Å². The van der Waals surface area contributed by atoms with Gasteiger partial charge in [0.15, 0.2) is 6.23 Å². The van der Waals surface area contributed by atoms with Gasteiger partial charge in [-0.1, -0.05) is 0 Å². The van der Waals surface area contributed by atoms with Crippen LogP contribution in [-0.4, -0.2) is 84.3 Å². The number of aromatic amines is 2. The molecule has 5 N–H and O–H groups in total. The third-order valence-electron chi connectivity index (χ3n) is 6.76. The normalized spacial score (nSPS) is 36.8. The lowest BCUT2D eigenvalue weighted by Crippen LogP contribution is -2.42. The number of hydrogen-bond acceptors (Lipinski definition) is 13. The molecule has 0 spiro atoms. The number of aromatic nitrogens is 4. The highest BCUT2D eigenvalue weighted by molar-refractivity contribution is 7.48. The van der Waals surface area contributed by atoms with E-state index in [9.17, 15) is 39.1 Å². The summed E-state index contributed by atoms with van der Waals surface area (Å²) in [7, 11) is -4.35. The quantitative estimate of drug-likeness (QED) is 0.227. The maximum atomic E-state index is 13.4. The molecule has 214 valence electrons. The summed E-state index contributed by atoms with van der Waals surface area (Å²) >= 11 is 0.